The van der Waals surface area contributed by atoms with Crippen LogP contribution >= 0.6 is 22.6 Å². The predicted molar refractivity (Wildman–Crippen MR) is 58.9 cm³/mol. The number of hydrogen-bond donors (Lipinski definition) is 2. The summed E-state index contributed by atoms with van der Waals surface area (Å²) < 4.78 is 0.679. The van der Waals surface area contributed by atoms with Gasteiger partial charge >= 0.3 is 0 Å². The monoisotopic (exact) mass is 270 g/mol. The van der Waals surface area contributed by atoms with E-state index in [2.05, 4.69) is 36.4 Å². The van der Waals surface area contributed by atoms with Gasteiger partial charge in [0.25, 0.3) is 0 Å². The van der Waals surface area contributed by atoms with Crippen molar-refractivity contribution in [1.29, 1.82) is 0 Å². The minimum absolute atomic E-state index is 0.289. The lowest BCUT2D eigenvalue weighted by Crippen LogP contribution is -2.35. The first kappa shape index (κ1) is 11.6. The highest BCUT2D eigenvalue weighted by molar-refractivity contribution is 14.1. The maximum absolute atomic E-state index is 5.89. The molecule has 11 heavy (non-hydrogen) atoms. The van der Waals surface area contributed by atoms with E-state index in [-0.39, 0.29) is 6.04 Å². The molecule has 4 N–H and O–H groups in total. The van der Waals surface area contributed by atoms with Crippen LogP contribution in [0.2, 0.25) is 0 Å². The van der Waals surface area contributed by atoms with Crippen molar-refractivity contribution in [3.05, 3.63) is 0 Å². The molecule has 0 aliphatic heterocycles. The molecule has 0 amide bonds. The summed E-state index contributed by atoms with van der Waals surface area (Å²) in [6.45, 7) is 5.04. The highest BCUT2D eigenvalue weighted by atomic mass is 127. The average Bonchev–Trinajstić information content (AvgIpc) is 1.98. The van der Waals surface area contributed by atoms with Crippen molar-refractivity contribution in [3.8, 4) is 0 Å². The van der Waals surface area contributed by atoms with Gasteiger partial charge in [-0.25, -0.2) is 0 Å². The molecule has 0 saturated carbocycles. The summed E-state index contributed by atoms with van der Waals surface area (Å²) in [6.07, 6.45) is 2.18. The van der Waals surface area contributed by atoms with E-state index in [1.165, 1.54) is 0 Å². The Hall–Kier alpha value is 0.650. The minimum atomic E-state index is 0.289. The van der Waals surface area contributed by atoms with Crippen molar-refractivity contribution in [1.82, 2.24) is 0 Å². The van der Waals surface area contributed by atoms with Gasteiger partial charge in [0.15, 0.2) is 0 Å². The molecule has 3 unspecified atom stereocenters. The van der Waals surface area contributed by atoms with Gasteiger partial charge in [-0.2, -0.15) is 0 Å². The number of alkyl halides is 1. The zero-order valence-corrected chi connectivity index (χ0v) is 9.54. The molecule has 0 fully saturated rings. The van der Waals surface area contributed by atoms with Crippen molar-refractivity contribution >= 4 is 22.6 Å². The van der Waals surface area contributed by atoms with Crippen LogP contribution in [0.4, 0.5) is 0 Å². The Morgan fingerprint density at radius 3 is 2.27 bits per heavy atom. The molecule has 0 rings (SSSR count). The van der Waals surface area contributed by atoms with Gasteiger partial charge in [-0.15, -0.1) is 0 Å². The summed E-state index contributed by atoms with van der Waals surface area (Å²) in [5, 5.41) is 0. The fourth-order valence-electron chi connectivity index (χ4n) is 1.20. The van der Waals surface area contributed by atoms with E-state index in [1.54, 1.807) is 0 Å². The number of halogens is 1. The van der Waals surface area contributed by atoms with Crippen LogP contribution in [0.25, 0.3) is 0 Å². The SMILES string of the molecule is CCC(N)C(CN)CC(C)I. The zero-order valence-electron chi connectivity index (χ0n) is 7.39. The van der Waals surface area contributed by atoms with Gasteiger partial charge in [-0.3, -0.25) is 0 Å². The highest BCUT2D eigenvalue weighted by Gasteiger charge is 2.15. The molecular formula is C8H19IN2. The van der Waals surface area contributed by atoms with E-state index in [4.69, 9.17) is 11.5 Å². The van der Waals surface area contributed by atoms with Gasteiger partial charge in [0, 0.05) is 9.97 Å². The first-order chi connectivity index (χ1) is 5.11. The molecule has 2 nitrogen and oxygen atoms in total. The van der Waals surface area contributed by atoms with Crippen molar-refractivity contribution in [2.45, 2.75) is 36.7 Å². The Labute approximate surface area is 83.2 Å². The summed E-state index contributed by atoms with van der Waals surface area (Å²) in [5.74, 6) is 0.506. The molecule has 0 aliphatic carbocycles. The van der Waals surface area contributed by atoms with Crippen LogP contribution in [0.15, 0.2) is 0 Å². The van der Waals surface area contributed by atoms with Crippen LogP contribution in [0, 0.1) is 5.92 Å². The second-order valence-electron chi connectivity index (χ2n) is 3.08. The maximum atomic E-state index is 5.89. The van der Waals surface area contributed by atoms with Crippen LogP contribution < -0.4 is 11.5 Å². The average molecular weight is 270 g/mol. The zero-order chi connectivity index (χ0) is 8.85. The molecule has 0 aliphatic rings. The quantitative estimate of drug-likeness (QED) is 0.587. The third kappa shape index (κ3) is 4.98. The molecule has 3 heteroatoms. The van der Waals surface area contributed by atoms with Gasteiger partial charge in [0.2, 0.25) is 0 Å². The summed E-state index contributed by atoms with van der Waals surface area (Å²) in [5.41, 5.74) is 11.5. The Kier molecular flexibility index (Phi) is 6.56. The van der Waals surface area contributed by atoms with Crippen LogP contribution in [-0.4, -0.2) is 16.5 Å². The fourth-order valence-corrected chi connectivity index (χ4v) is 1.85. The third-order valence-corrected chi connectivity index (χ3v) is 2.52. The first-order valence-corrected chi connectivity index (χ1v) is 5.46. The molecular weight excluding hydrogens is 251 g/mol. The molecule has 68 valence electrons. The molecule has 0 aromatic heterocycles. The smallest absolute Gasteiger partial charge is 0.00850 e. The van der Waals surface area contributed by atoms with Crippen molar-refractivity contribution < 1.29 is 0 Å². The van der Waals surface area contributed by atoms with Gasteiger partial charge in [0.1, 0.15) is 0 Å². The molecule has 0 aromatic rings. The van der Waals surface area contributed by atoms with Crippen LogP contribution in [0.5, 0.6) is 0 Å². The normalized spacial score (nSPS) is 19.4. The van der Waals surface area contributed by atoms with E-state index in [9.17, 15) is 0 Å². The lowest BCUT2D eigenvalue weighted by molar-refractivity contribution is 0.397. The fraction of sp³-hybridized carbons (Fsp3) is 1.00. The van der Waals surface area contributed by atoms with E-state index in [0.717, 1.165) is 19.4 Å². The van der Waals surface area contributed by atoms with Gasteiger partial charge in [-0.1, -0.05) is 36.4 Å². The molecule has 0 spiro atoms. The number of nitrogens with two attached hydrogens (primary N) is 2. The lowest BCUT2D eigenvalue weighted by Gasteiger charge is -2.22. The van der Waals surface area contributed by atoms with E-state index in [0.29, 0.717) is 9.84 Å². The largest absolute Gasteiger partial charge is 0.330 e. The van der Waals surface area contributed by atoms with Crippen LogP contribution in [0.1, 0.15) is 26.7 Å². The van der Waals surface area contributed by atoms with Gasteiger partial charge in [-0.05, 0) is 25.3 Å². The van der Waals surface area contributed by atoms with Crippen molar-refractivity contribution in [2.75, 3.05) is 6.54 Å². The Balaban J connectivity index is 3.74. The van der Waals surface area contributed by atoms with Crippen LogP contribution in [-0.2, 0) is 0 Å². The molecule has 0 radical (unpaired) electrons. The second kappa shape index (κ2) is 6.20. The number of hydrogen-bond acceptors (Lipinski definition) is 2. The molecule has 3 atom stereocenters. The Morgan fingerprint density at radius 2 is 2.00 bits per heavy atom. The summed E-state index contributed by atoms with van der Waals surface area (Å²) in [4.78, 5) is 0. The van der Waals surface area contributed by atoms with Gasteiger partial charge < -0.3 is 11.5 Å². The summed E-state index contributed by atoms with van der Waals surface area (Å²) >= 11 is 2.42. The van der Waals surface area contributed by atoms with E-state index < -0.39 is 0 Å². The van der Waals surface area contributed by atoms with Crippen molar-refractivity contribution in [2.24, 2.45) is 17.4 Å². The summed E-state index contributed by atoms with van der Waals surface area (Å²) in [6, 6.07) is 0.289. The number of rotatable bonds is 5. The van der Waals surface area contributed by atoms with E-state index >= 15 is 0 Å². The topological polar surface area (TPSA) is 52.0 Å². The van der Waals surface area contributed by atoms with Gasteiger partial charge in [0.05, 0.1) is 0 Å². The lowest BCUT2D eigenvalue weighted by atomic mass is 9.94. The molecule has 0 heterocycles. The second-order valence-corrected chi connectivity index (χ2v) is 5.21. The molecule has 0 aromatic carbocycles. The third-order valence-electron chi connectivity index (χ3n) is 2.01. The van der Waals surface area contributed by atoms with Crippen molar-refractivity contribution in [3.63, 3.8) is 0 Å². The van der Waals surface area contributed by atoms with E-state index in [1.807, 2.05) is 0 Å². The first-order valence-electron chi connectivity index (χ1n) is 4.21. The standard InChI is InChI=1S/C8H19IN2/c1-3-8(11)7(5-10)4-6(2)9/h6-8H,3-5,10-11H2,1-2H3. The summed E-state index contributed by atoms with van der Waals surface area (Å²) in [7, 11) is 0. The molecule has 0 bridgehead atoms. The highest BCUT2D eigenvalue weighted by Crippen LogP contribution is 2.16. The Bertz CT molecular complexity index is 96.1. The minimum Gasteiger partial charge on any atom is -0.330 e. The maximum Gasteiger partial charge on any atom is 0.00850 e. The van der Waals surface area contributed by atoms with Crippen LogP contribution in [0.3, 0.4) is 0 Å². The molecule has 0 saturated heterocycles. The predicted octanol–water partition coefficient (Wildman–Crippen LogP) is 1.51. The Morgan fingerprint density at radius 1 is 1.45 bits per heavy atom.